The van der Waals surface area contributed by atoms with Crippen LogP contribution in [0.4, 0.5) is 5.69 Å². The zero-order valence-corrected chi connectivity index (χ0v) is 13.2. The van der Waals surface area contributed by atoms with E-state index in [0.717, 1.165) is 33.7 Å². The number of thioether (sulfide) groups is 1. The molecule has 0 unspecified atom stereocenters. The lowest BCUT2D eigenvalue weighted by atomic mass is 10.1. The Labute approximate surface area is 138 Å². The summed E-state index contributed by atoms with van der Waals surface area (Å²) in [6, 6.07) is 18.0. The molecule has 0 saturated heterocycles. The number of aromatic nitrogens is 3. The molecular formula is C17H15N5S. The Balaban J connectivity index is 1.68. The largest absolute Gasteiger partial charge is 0.399 e. The minimum absolute atomic E-state index is 0.715. The molecule has 2 aromatic carbocycles. The van der Waals surface area contributed by atoms with Crippen molar-refractivity contribution in [2.75, 3.05) is 11.5 Å². The van der Waals surface area contributed by atoms with E-state index in [1.54, 1.807) is 11.8 Å². The Morgan fingerprint density at radius 2 is 1.78 bits per heavy atom. The second-order valence-electron chi connectivity index (χ2n) is 5.33. The highest BCUT2D eigenvalue weighted by molar-refractivity contribution is 7.99. The average Bonchev–Trinajstić information content (AvgIpc) is 2.99. The van der Waals surface area contributed by atoms with Crippen molar-refractivity contribution in [1.29, 1.82) is 0 Å². The SMILES string of the molecule is Nc1ccc(C2=Nn3c(Cc4ccccc4)nnc3SC2)cc1. The second-order valence-corrected chi connectivity index (χ2v) is 6.27. The van der Waals surface area contributed by atoms with Gasteiger partial charge in [-0.3, -0.25) is 0 Å². The zero-order chi connectivity index (χ0) is 15.6. The lowest BCUT2D eigenvalue weighted by Gasteiger charge is -2.14. The minimum atomic E-state index is 0.715. The van der Waals surface area contributed by atoms with E-state index in [1.165, 1.54) is 5.56 Å². The van der Waals surface area contributed by atoms with Gasteiger partial charge in [-0.25, -0.2) is 0 Å². The van der Waals surface area contributed by atoms with Crippen LogP contribution in [0.25, 0.3) is 0 Å². The summed E-state index contributed by atoms with van der Waals surface area (Å²) >= 11 is 1.65. The standard InChI is InChI=1S/C17H15N5S/c18-14-8-6-13(7-9-14)15-11-23-17-20-19-16(22(17)21-15)10-12-4-2-1-3-5-12/h1-9H,10-11,18H2. The number of benzene rings is 2. The third-order valence-electron chi connectivity index (χ3n) is 3.68. The number of nitrogens with two attached hydrogens (primary N) is 1. The molecule has 3 aromatic rings. The van der Waals surface area contributed by atoms with Crippen LogP contribution in [-0.2, 0) is 6.42 Å². The number of nitrogen functional groups attached to an aromatic ring is 1. The molecule has 1 aliphatic heterocycles. The summed E-state index contributed by atoms with van der Waals surface area (Å²) in [6.45, 7) is 0. The Bertz CT molecular complexity index is 852. The average molecular weight is 321 g/mol. The van der Waals surface area contributed by atoms with E-state index in [1.807, 2.05) is 47.1 Å². The molecule has 0 saturated carbocycles. The molecule has 0 radical (unpaired) electrons. The molecule has 0 atom stereocenters. The molecule has 1 aliphatic rings. The molecule has 2 heterocycles. The molecule has 114 valence electrons. The number of anilines is 1. The van der Waals surface area contributed by atoms with Crippen LogP contribution in [0.5, 0.6) is 0 Å². The first-order valence-corrected chi connectivity index (χ1v) is 8.33. The number of hydrogen-bond acceptors (Lipinski definition) is 5. The topological polar surface area (TPSA) is 69.1 Å². The molecule has 1 aromatic heterocycles. The fraction of sp³-hybridized carbons (Fsp3) is 0.118. The van der Waals surface area contributed by atoms with Crippen LogP contribution in [0, 0.1) is 0 Å². The van der Waals surface area contributed by atoms with E-state index in [4.69, 9.17) is 10.8 Å². The van der Waals surface area contributed by atoms with Crippen molar-refractivity contribution in [3.05, 3.63) is 71.5 Å². The zero-order valence-electron chi connectivity index (χ0n) is 12.4. The van der Waals surface area contributed by atoms with Crippen molar-refractivity contribution in [1.82, 2.24) is 14.9 Å². The van der Waals surface area contributed by atoms with Gasteiger partial charge in [0, 0.05) is 17.9 Å². The number of fused-ring (bicyclic) bond motifs is 1. The fourth-order valence-corrected chi connectivity index (χ4v) is 3.33. The summed E-state index contributed by atoms with van der Waals surface area (Å²) in [5.41, 5.74) is 9.80. The van der Waals surface area contributed by atoms with Gasteiger partial charge >= 0.3 is 0 Å². The van der Waals surface area contributed by atoms with Crippen LogP contribution in [0.3, 0.4) is 0 Å². The predicted octanol–water partition coefficient (Wildman–Crippen LogP) is 2.81. The first kappa shape index (κ1) is 14.0. The maximum atomic E-state index is 5.76. The van der Waals surface area contributed by atoms with Gasteiger partial charge in [0.2, 0.25) is 5.16 Å². The Hall–Kier alpha value is -2.60. The maximum Gasteiger partial charge on any atom is 0.212 e. The first-order valence-electron chi connectivity index (χ1n) is 7.34. The highest BCUT2D eigenvalue weighted by Gasteiger charge is 2.19. The van der Waals surface area contributed by atoms with Gasteiger partial charge in [-0.2, -0.15) is 9.78 Å². The molecule has 0 bridgehead atoms. The fourth-order valence-electron chi connectivity index (χ4n) is 2.47. The van der Waals surface area contributed by atoms with Gasteiger partial charge in [-0.15, -0.1) is 10.2 Å². The number of nitrogens with zero attached hydrogens (tertiary/aromatic N) is 4. The van der Waals surface area contributed by atoms with Gasteiger partial charge in [-0.1, -0.05) is 54.2 Å². The molecule has 6 heteroatoms. The van der Waals surface area contributed by atoms with Gasteiger partial charge in [0.15, 0.2) is 5.82 Å². The third kappa shape index (κ3) is 2.85. The highest BCUT2D eigenvalue weighted by Crippen LogP contribution is 2.25. The Kier molecular flexibility index (Phi) is 3.59. The molecule has 0 spiro atoms. The molecule has 0 amide bonds. The van der Waals surface area contributed by atoms with Crippen molar-refractivity contribution in [3.63, 3.8) is 0 Å². The lowest BCUT2D eigenvalue weighted by molar-refractivity contribution is 0.720. The predicted molar refractivity (Wildman–Crippen MR) is 92.8 cm³/mol. The molecule has 4 rings (SSSR count). The van der Waals surface area contributed by atoms with Crippen molar-refractivity contribution >= 4 is 23.2 Å². The summed E-state index contributed by atoms with van der Waals surface area (Å²) in [6.07, 6.45) is 0.715. The van der Waals surface area contributed by atoms with Gasteiger partial charge in [0.1, 0.15) is 0 Å². The van der Waals surface area contributed by atoms with Crippen molar-refractivity contribution < 1.29 is 0 Å². The van der Waals surface area contributed by atoms with Gasteiger partial charge in [0.05, 0.1) is 5.71 Å². The lowest BCUT2D eigenvalue weighted by Crippen LogP contribution is -2.14. The molecule has 23 heavy (non-hydrogen) atoms. The van der Waals surface area contributed by atoms with Gasteiger partial charge < -0.3 is 5.73 Å². The molecule has 5 nitrogen and oxygen atoms in total. The number of rotatable bonds is 3. The van der Waals surface area contributed by atoms with Gasteiger partial charge in [0.25, 0.3) is 0 Å². The quantitative estimate of drug-likeness (QED) is 0.753. The second kappa shape index (κ2) is 5.89. The summed E-state index contributed by atoms with van der Waals surface area (Å²) in [5, 5.41) is 14.1. The van der Waals surface area contributed by atoms with E-state index in [-0.39, 0.29) is 0 Å². The molecule has 0 fully saturated rings. The van der Waals surface area contributed by atoms with Crippen molar-refractivity contribution in [2.24, 2.45) is 5.10 Å². The number of hydrogen-bond donors (Lipinski definition) is 1. The van der Waals surface area contributed by atoms with Crippen LogP contribution in [-0.4, -0.2) is 26.3 Å². The van der Waals surface area contributed by atoms with E-state index in [0.29, 0.717) is 6.42 Å². The van der Waals surface area contributed by atoms with E-state index < -0.39 is 0 Å². The van der Waals surface area contributed by atoms with E-state index in [2.05, 4.69) is 22.3 Å². The normalized spacial score (nSPS) is 13.5. The van der Waals surface area contributed by atoms with Gasteiger partial charge in [-0.05, 0) is 23.3 Å². The third-order valence-corrected chi connectivity index (χ3v) is 4.61. The highest BCUT2D eigenvalue weighted by atomic mass is 32.2. The molecule has 2 N–H and O–H groups in total. The summed E-state index contributed by atoms with van der Waals surface area (Å²) < 4.78 is 1.85. The minimum Gasteiger partial charge on any atom is -0.399 e. The van der Waals surface area contributed by atoms with Crippen LogP contribution in [0.2, 0.25) is 0 Å². The van der Waals surface area contributed by atoms with Crippen LogP contribution in [0.15, 0.2) is 64.9 Å². The maximum absolute atomic E-state index is 5.76. The van der Waals surface area contributed by atoms with E-state index in [9.17, 15) is 0 Å². The van der Waals surface area contributed by atoms with Crippen LogP contribution >= 0.6 is 11.8 Å². The Morgan fingerprint density at radius 3 is 2.57 bits per heavy atom. The van der Waals surface area contributed by atoms with E-state index >= 15 is 0 Å². The van der Waals surface area contributed by atoms with Crippen molar-refractivity contribution in [3.8, 4) is 0 Å². The summed E-state index contributed by atoms with van der Waals surface area (Å²) in [4.78, 5) is 0. The summed E-state index contributed by atoms with van der Waals surface area (Å²) in [7, 11) is 0. The molecular weight excluding hydrogens is 306 g/mol. The van der Waals surface area contributed by atoms with Crippen LogP contribution < -0.4 is 5.73 Å². The monoisotopic (exact) mass is 321 g/mol. The smallest absolute Gasteiger partial charge is 0.212 e. The van der Waals surface area contributed by atoms with Crippen molar-refractivity contribution in [2.45, 2.75) is 11.6 Å². The Morgan fingerprint density at radius 1 is 1.00 bits per heavy atom. The molecule has 0 aliphatic carbocycles. The first-order chi connectivity index (χ1) is 11.3. The van der Waals surface area contributed by atoms with Crippen LogP contribution in [0.1, 0.15) is 17.0 Å². The summed E-state index contributed by atoms with van der Waals surface area (Å²) in [5.74, 6) is 1.64.